The molecule has 2 aromatic carbocycles. The van der Waals surface area contributed by atoms with E-state index < -0.39 is 16.7 Å². The lowest BCUT2D eigenvalue weighted by atomic mass is 10.1. The number of nitrogens with zero attached hydrogens (tertiary/aromatic N) is 2. The molecule has 11 heteroatoms. The maximum absolute atomic E-state index is 12.8. The van der Waals surface area contributed by atoms with Gasteiger partial charge in [0, 0.05) is 0 Å². The van der Waals surface area contributed by atoms with Crippen molar-refractivity contribution in [3.63, 3.8) is 0 Å². The summed E-state index contributed by atoms with van der Waals surface area (Å²) in [5, 5.41) is 13.0. The van der Waals surface area contributed by atoms with Crippen molar-refractivity contribution in [3.05, 3.63) is 80.0 Å². The van der Waals surface area contributed by atoms with Gasteiger partial charge in [0.25, 0.3) is 17.5 Å². The highest BCUT2D eigenvalue weighted by Gasteiger charge is 2.35. The summed E-state index contributed by atoms with van der Waals surface area (Å²) < 4.78 is 10.7. The number of anilines is 1. The number of nitro groups is 1. The largest absolute Gasteiger partial charge is 0.497 e. The van der Waals surface area contributed by atoms with Gasteiger partial charge in [0.05, 0.1) is 39.4 Å². The Labute approximate surface area is 190 Å². The Balaban J connectivity index is 1.65. The van der Waals surface area contributed by atoms with E-state index in [2.05, 4.69) is 5.43 Å². The monoisotopic (exact) mass is 473 g/mol. The van der Waals surface area contributed by atoms with Gasteiger partial charge >= 0.3 is 0 Å². The zero-order valence-corrected chi connectivity index (χ0v) is 17.8. The van der Waals surface area contributed by atoms with Gasteiger partial charge in [0.15, 0.2) is 0 Å². The molecule has 0 unspecified atom stereocenters. The Morgan fingerprint density at radius 1 is 1.09 bits per heavy atom. The molecule has 0 radical (unpaired) electrons. The molecule has 0 spiro atoms. The number of carbonyl (C=O) groups is 2. The number of hydrazine groups is 1. The highest BCUT2D eigenvalue weighted by Crippen LogP contribution is 2.35. The van der Waals surface area contributed by atoms with Gasteiger partial charge in [0.1, 0.15) is 22.8 Å². The van der Waals surface area contributed by atoms with Crippen LogP contribution in [0.2, 0.25) is 10.0 Å². The van der Waals surface area contributed by atoms with Crippen molar-refractivity contribution in [2.24, 2.45) is 0 Å². The maximum atomic E-state index is 12.8. The number of methoxy groups -OCH3 is 1. The fourth-order valence-corrected chi connectivity index (χ4v) is 3.37. The Morgan fingerprint density at radius 3 is 2.56 bits per heavy atom. The van der Waals surface area contributed by atoms with Crippen LogP contribution in [0.4, 0.5) is 11.4 Å². The van der Waals surface area contributed by atoms with Crippen molar-refractivity contribution in [2.45, 2.75) is 0 Å². The Morgan fingerprint density at radius 2 is 1.88 bits per heavy atom. The molecule has 9 nitrogen and oxygen atoms in total. The quantitative estimate of drug-likeness (QED) is 0.250. The lowest BCUT2D eigenvalue weighted by Gasteiger charge is -2.15. The molecule has 4 rings (SSSR count). The van der Waals surface area contributed by atoms with E-state index in [-0.39, 0.29) is 33.4 Å². The third-order valence-corrected chi connectivity index (χ3v) is 5.37. The van der Waals surface area contributed by atoms with Crippen LogP contribution in [-0.4, -0.2) is 23.8 Å². The van der Waals surface area contributed by atoms with Gasteiger partial charge in [-0.3, -0.25) is 25.1 Å². The fourth-order valence-electron chi connectivity index (χ4n) is 3.08. The van der Waals surface area contributed by atoms with E-state index in [1.54, 1.807) is 6.07 Å². The highest BCUT2D eigenvalue weighted by atomic mass is 35.5. The second kappa shape index (κ2) is 8.37. The van der Waals surface area contributed by atoms with Crippen molar-refractivity contribution in [2.75, 3.05) is 12.1 Å². The molecule has 2 amide bonds. The number of furan rings is 1. The summed E-state index contributed by atoms with van der Waals surface area (Å²) >= 11 is 11.9. The molecule has 0 bridgehead atoms. The molecule has 1 saturated heterocycles. The van der Waals surface area contributed by atoms with Crippen molar-refractivity contribution >= 4 is 52.5 Å². The van der Waals surface area contributed by atoms with E-state index in [4.69, 9.17) is 32.4 Å². The van der Waals surface area contributed by atoms with E-state index in [0.29, 0.717) is 16.5 Å². The summed E-state index contributed by atoms with van der Waals surface area (Å²) in [4.78, 5) is 36.0. The standard InChI is InChI=1S/C21H13Cl2N3O6/c1-31-12-3-5-14(18(10-12)26(29)30)19-7-4-13(32-19)9-15-20(27)24-25(21(15)28)11-2-6-16(22)17(23)8-11/h2-10H,1H3,(H,24,27)/b15-9+. The third-order valence-electron chi connectivity index (χ3n) is 4.63. The van der Waals surface area contributed by atoms with Crippen molar-refractivity contribution < 1.29 is 23.7 Å². The van der Waals surface area contributed by atoms with Crippen molar-refractivity contribution in [1.29, 1.82) is 0 Å². The lowest BCUT2D eigenvalue weighted by Crippen LogP contribution is -2.35. The first kappa shape index (κ1) is 21.4. The molecule has 32 heavy (non-hydrogen) atoms. The van der Waals surface area contributed by atoms with Crippen LogP contribution < -0.4 is 15.2 Å². The first-order chi connectivity index (χ1) is 15.3. The molecule has 2 heterocycles. The first-order valence-corrected chi connectivity index (χ1v) is 9.79. The number of benzene rings is 2. The van der Waals surface area contributed by atoms with Gasteiger partial charge < -0.3 is 9.15 Å². The van der Waals surface area contributed by atoms with Crippen LogP contribution in [0, 0.1) is 10.1 Å². The summed E-state index contributed by atoms with van der Waals surface area (Å²) in [5.74, 6) is -0.584. The Bertz CT molecular complexity index is 1300. The van der Waals surface area contributed by atoms with Gasteiger partial charge in [-0.05, 0) is 48.5 Å². The average molecular weight is 474 g/mol. The highest BCUT2D eigenvalue weighted by molar-refractivity contribution is 6.42. The molecule has 3 aromatic rings. The average Bonchev–Trinajstić information content (AvgIpc) is 3.35. The predicted molar refractivity (Wildman–Crippen MR) is 117 cm³/mol. The summed E-state index contributed by atoms with van der Waals surface area (Å²) in [6, 6.07) is 11.8. The molecule has 1 N–H and O–H groups in total. The molecule has 0 atom stereocenters. The zero-order valence-electron chi connectivity index (χ0n) is 16.3. The van der Waals surface area contributed by atoms with Gasteiger partial charge in [-0.1, -0.05) is 23.2 Å². The topological polar surface area (TPSA) is 115 Å². The number of carbonyl (C=O) groups excluding carboxylic acids is 2. The first-order valence-electron chi connectivity index (χ1n) is 9.03. The van der Waals surface area contributed by atoms with Crippen LogP contribution in [0.15, 0.2) is 58.5 Å². The molecular formula is C21H13Cl2N3O6. The molecular weight excluding hydrogens is 461 g/mol. The van der Waals surface area contributed by atoms with Crippen LogP contribution >= 0.6 is 23.2 Å². The minimum absolute atomic E-state index is 0.166. The van der Waals surface area contributed by atoms with Gasteiger partial charge in [0.2, 0.25) is 0 Å². The number of hydrogen-bond acceptors (Lipinski definition) is 6. The number of rotatable bonds is 5. The third kappa shape index (κ3) is 3.91. The summed E-state index contributed by atoms with van der Waals surface area (Å²) in [5.41, 5.74) is 2.60. The predicted octanol–water partition coefficient (Wildman–Crippen LogP) is 4.63. The van der Waals surface area contributed by atoms with E-state index >= 15 is 0 Å². The molecule has 1 aliphatic rings. The van der Waals surface area contributed by atoms with E-state index in [0.717, 1.165) is 5.01 Å². The minimum atomic E-state index is -0.644. The van der Waals surface area contributed by atoms with Crippen LogP contribution in [0.25, 0.3) is 17.4 Å². The van der Waals surface area contributed by atoms with Crippen LogP contribution in [-0.2, 0) is 9.59 Å². The molecule has 1 aromatic heterocycles. The summed E-state index contributed by atoms with van der Waals surface area (Å²) in [7, 11) is 1.40. The van der Waals surface area contributed by atoms with Crippen molar-refractivity contribution in [3.8, 4) is 17.1 Å². The van der Waals surface area contributed by atoms with Gasteiger partial charge in [-0.15, -0.1) is 0 Å². The number of ether oxygens (including phenoxy) is 1. The summed E-state index contributed by atoms with van der Waals surface area (Å²) in [6.45, 7) is 0. The smallest absolute Gasteiger partial charge is 0.284 e. The van der Waals surface area contributed by atoms with E-state index in [1.165, 1.54) is 55.7 Å². The Hall–Kier alpha value is -3.82. The molecule has 0 saturated carbocycles. The second-order valence-corrected chi connectivity index (χ2v) is 7.39. The second-order valence-electron chi connectivity index (χ2n) is 6.58. The molecule has 0 aliphatic carbocycles. The molecule has 1 fully saturated rings. The number of halogens is 2. The maximum Gasteiger partial charge on any atom is 0.284 e. The van der Waals surface area contributed by atoms with Gasteiger partial charge in [-0.2, -0.15) is 0 Å². The van der Waals surface area contributed by atoms with E-state index in [9.17, 15) is 19.7 Å². The lowest BCUT2D eigenvalue weighted by molar-refractivity contribution is -0.384. The minimum Gasteiger partial charge on any atom is -0.497 e. The number of nitro benzene ring substituents is 1. The molecule has 162 valence electrons. The fraction of sp³-hybridized carbons (Fsp3) is 0.0476. The van der Waals surface area contributed by atoms with Crippen LogP contribution in [0.3, 0.4) is 0 Å². The number of hydrogen-bond donors (Lipinski definition) is 1. The van der Waals surface area contributed by atoms with E-state index in [1.807, 2.05) is 0 Å². The number of amides is 2. The zero-order chi connectivity index (χ0) is 23.0. The van der Waals surface area contributed by atoms with Gasteiger partial charge in [-0.25, -0.2) is 5.01 Å². The normalized spacial score (nSPS) is 14.7. The Kier molecular flexibility index (Phi) is 5.60. The summed E-state index contributed by atoms with van der Waals surface area (Å²) in [6.07, 6.45) is 1.26. The molecule has 1 aliphatic heterocycles. The SMILES string of the molecule is COc1ccc(-c2ccc(/C=C3\C(=O)NN(c4ccc(Cl)c(Cl)c4)C3=O)o2)c([N+](=O)[O-])c1. The van der Waals surface area contributed by atoms with Crippen LogP contribution in [0.5, 0.6) is 5.75 Å². The number of nitrogens with one attached hydrogen (secondary N) is 1. The van der Waals surface area contributed by atoms with Crippen molar-refractivity contribution in [1.82, 2.24) is 5.43 Å². The van der Waals surface area contributed by atoms with Crippen LogP contribution in [0.1, 0.15) is 5.76 Å².